The topological polar surface area (TPSA) is 85.3 Å². The smallest absolute Gasteiger partial charge is 0.256 e. The minimum Gasteiger partial charge on any atom is -0.616 e. The normalized spacial score (nSPS) is 18.7. The zero-order chi connectivity index (χ0) is 20.5. The molecule has 0 spiro atoms. The van der Waals surface area contributed by atoms with Crippen molar-refractivity contribution in [2.75, 3.05) is 23.0 Å². The number of carbonyl (C=O) groups is 1. The quantitative estimate of drug-likeness (QED) is 0.393. The van der Waals surface area contributed by atoms with Gasteiger partial charge in [0.2, 0.25) is 18.3 Å². The van der Waals surface area contributed by atoms with E-state index in [0.717, 1.165) is 4.73 Å². The number of hydrogen-bond acceptors (Lipinski definition) is 4. The molecule has 152 valence electrons. The molecule has 3 rings (SSSR count). The van der Waals surface area contributed by atoms with E-state index in [-0.39, 0.29) is 35.4 Å². The van der Waals surface area contributed by atoms with E-state index >= 15 is 0 Å². The summed E-state index contributed by atoms with van der Waals surface area (Å²) in [7, 11) is 0. The van der Waals surface area contributed by atoms with Crippen molar-refractivity contribution in [3.05, 3.63) is 35.9 Å². The Morgan fingerprint density at radius 2 is 2.32 bits per heavy atom. The highest BCUT2D eigenvalue weighted by Crippen LogP contribution is 2.49. The average molecular weight is 434 g/mol. The molecule has 1 amide bonds. The van der Waals surface area contributed by atoms with Gasteiger partial charge in [-0.1, -0.05) is 22.8 Å². The van der Waals surface area contributed by atoms with Crippen molar-refractivity contribution in [2.24, 2.45) is 5.92 Å². The first kappa shape index (κ1) is 20.8. The molecule has 2 aromatic rings. The standard InChI is InChI=1S/C17H20ClF2N4O3S/c1-2-23(15(25)5-7-28(27)11-12-8-17(12,19)20)14-10-24(21-16(14)18)13-4-3-6-22(26)9-13/h3-4,6,9-10,12,26H,2,5,7-8,11H2,1H3/q+1. The minimum atomic E-state index is -2.71. The Labute approximate surface area is 168 Å². The van der Waals surface area contributed by atoms with Crippen LogP contribution in [0.4, 0.5) is 14.5 Å². The zero-order valence-electron chi connectivity index (χ0n) is 15.1. The summed E-state index contributed by atoms with van der Waals surface area (Å²) in [6.45, 7) is 2.07. The van der Waals surface area contributed by atoms with E-state index in [4.69, 9.17) is 11.6 Å². The number of amides is 1. The fourth-order valence-electron chi connectivity index (χ4n) is 2.82. The van der Waals surface area contributed by atoms with Gasteiger partial charge in [0.05, 0.1) is 18.5 Å². The minimum absolute atomic E-state index is 0.0247. The largest absolute Gasteiger partial charge is 0.616 e. The number of aromatic nitrogens is 3. The average Bonchev–Trinajstić information content (AvgIpc) is 3.05. The SMILES string of the molecule is CCN(C(=O)CC[S+]([O-])CC1CC1(F)F)c1cn(-c2ccc[n+](O)c2)nc1Cl. The second-order valence-electron chi connectivity index (χ2n) is 6.55. The van der Waals surface area contributed by atoms with Gasteiger partial charge in [0, 0.05) is 23.8 Å². The van der Waals surface area contributed by atoms with Gasteiger partial charge in [0.25, 0.3) is 5.92 Å². The van der Waals surface area contributed by atoms with Crippen LogP contribution < -0.4 is 9.63 Å². The van der Waals surface area contributed by atoms with Crippen LogP contribution in [0.5, 0.6) is 0 Å². The summed E-state index contributed by atoms with van der Waals surface area (Å²) in [6, 6.07) is 3.32. The van der Waals surface area contributed by atoms with Crippen molar-refractivity contribution in [3.63, 3.8) is 0 Å². The molecule has 0 aromatic carbocycles. The second-order valence-corrected chi connectivity index (χ2v) is 8.53. The lowest BCUT2D eigenvalue weighted by molar-refractivity contribution is -0.904. The van der Waals surface area contributed by atoms with Crippen LogP contribution in [0, 0.1) is 5.92 Å². The molecule has 2 unspecified atom stereocenters. The first-order valence-electron chi connectivity index (χ1n) is 8.70. The van der Waals surface area contributed by atoms with E-state index in [2.05, 4.69) is 5.10 Å². The Bertz CT molecular complexity index is 867. The van der Waals surface area contributed by atoms with Gasteiger partial charge < -0.3 is 9.45 Å². The highest BCUT2D eigenvalue weighted by atomic mass is 35.5. The maximum Gasteiger partial charge on any atom is 0.256 e. The molecule has 1 N–H and O–H groups in total. The molecule has 0 radical (unpaired) electrons. The van der Waals surface area contributed by atoms with Gasteiger partial charge in [-0.05, 0) is 13.0 Å². The van der Waals surface area contributed by atoms with Crippen LogP contribution in [-0.4, -0.2) is 49.4 Å². The third-order valence-electron chi connectivity index (χ3n) is 4.48. The van der Waals surface area contributed by atoms with Crippen LogP contribution >= 0.6 is 11.6 Å². The second kappa shape index (κ2) is 8.22. The van der Waals surface area contributed by atoms with Crippen molar-refractivity contribution in [3.8, 4) is 5.69 Å². The van der Waals surface area contributed by atoms with Gasteiger partial charge in [-0.15, -0.1) is 0 Å². The first-order valence-corrected chi connectivity index (χ1v) is 10.6. The Morgan fingerprint density at radius 1 is 1.61 bits per heavy atom. The maximum absolute atomic E-state index is 12.9. The van der Waals surface area contributed by atoms with E-state index in [9.17, 15) is 23.3 Å². The lowest BCUT2D eigenvalue weighted by Crippen LogP contribution is -2.32. The van der Waals surface area contributed by atoms with Crippen molar-refractivity contribution in [1.82, 2.24) is 9.78 Å². The number of anilines is 1. The molecule has 2 aromatic heterocycles. The predicted octanol–water partition coefficient (Wildman–Crippen LogP) is 2.20. The lowest BCUT2D eigenvalue weighted by Gasteiger charge is -2.20. The molecule has 0 bridgehead atoms. The Kier molecular flexibility index (Phi) is 6.11. The molecule has 2 heterocycles. The van der Waals surface area contributed by atoms with Gasteiger partial charge in [0.1, 0.15) is 22.9 Å². The number of hydrogen-bond donors (Lipinski definition) is 1. The van der Waals surface area contributed by atoms with E-state index in [1.807, 2.05) is 0 Å². The third-order valence-corrected chi connectivity index (χ3v) is 6.18. The van der Waals surface area contributed by atoms with Crippen LogP contribution in [0.25, 0.3) is 5.69 Å². The summed E-state index contributed by atoms with van der Waals surface area (Å²) < 4.78 is 40.1. The third kappa shape index (κ3) is 4.73. The monoisotopic (exact) mass is 433 g/mol. The molecule has 1 fully saturated rings. The number of rotatable bonds is 8. The van der Waals surface area contributed by atoms with Gasteiger partial charge in [-0.2, -0.15) is 5.10 Å². The number of carbonyl (C=O) groups excluding carboxylic acids is 1. The summed E-state index contributed by atoms with van der Waals surface area (Å²) in [5.41, 5.74) is 0.912. The van der Waals surface area contributed by atoms with Gasteiger partial charge in [0.15, 0.2) is 5.15 Å². The van der Waals surface area contributed by atoms with Gasteiger partial charge in [-0.25, -0.2) is 13.5 Å². The molecule has 0 saturated heterocycles. The van der Waals surface area contributed by atoms with Crippen LogP contribution in [0.15, 0.2) is 30.7 Å². The van der Waals surface area contributed by atoms with E-state index in [0.29, 0.717) is 17.9 Å². The summed E-state index contributed by atoms with van der Waals surface area (Å²) in [5, 5.41) is 13.8. The van der Waals surface area contributed by atoms with Crippen molar-refractivity contribution >= 4 is 34.4 Å². The molecule has 28 heavy (non-hydrogen) atoms. The fraction of sp³-hybridized carbons (Fsp3) is 0.471. The van der Waals surface area contributed by atoms with Crippen molar-refractivity contribution < 1.29 is 28.1 Å². The molecule has 11 heteroatoms. The molecule has 1 aliphatic rings. The maximum atomic E-state index is 12.9. The van der Waals surface area contributed by atoms with Crippen molar-refractivity contribution in [2.45, 2.75) is 25.7 Å². The van der Waals surface area contributed by atoms with E-state index in [1.165, 1.54) is 22.0 Å². The molecule has 1 aliphatic carbocycles. The lowest BCUT2D eigenvalue weighted by atomic mass is 10.3. The molecular formula is C17H20ClF2N4O3S+. The molecule has 2 atom stereocenters. The van der Waals surface area contributed by atoms with Crippen molar-refractivity contribution in [1.29, 1.82) is 0 Å². The zero-order valence-corrected chi connectivity index (χ0v) is 16.7. The number of halogens is 3. The van der Waals surface area contributed by atoms with Crippen LogP contribution in [0.3, 0.4) is 0 Å². The number of nitrogens with zero attached hydrogens (tertiary/aromatic N) is 4. The summed E-state index contributed by atoms with van der Waals surface area (Å²) in [4.78, 5) is 14.0. The molecule has 0 aliphatic heterocycles. The first-order chi connectivity index (χ1) is 13.2. The number of pyridine rings is 1. The summed E-state index contributed by atoms with van der Waals surface area (Å²) in [6.07, 6.45) is 4.15. The fourth-order valence-corrected chi connectivity index (χ4v) is 4.43. The van der Waals surface area contributed by atoms with E-state index in [1.54, 1.807) is 25.3 Å². The molecule has 7 nitrogen and oxygen atoms in total. The Hall–Kier alpha value is -1.91. The Morgan fingerprint density at radius 3 is 2.93 bits per heavy atom. The molecule has 1 saturated carbocycles. The van der Waals surface area contributed by atoms with Gasteiger partial charge in [-0.3, -0.25) is 10.0 Å². The predicted molar refractivity (Wildman–Crippen MR) is 99.5 cm³/mol. The van der Waals surface area contributed by atoms with Crippen LogP contribution in [-0.2, 0) is 16.0 Å². The summed E-state index contributed by atoms with van der Waals surface area (Å²) >= 11 is 4.71. The van der Waals surface area contributed by atoms with Crippen LogP contribution in [0.2, 0.25) is 5.15 Å². The molecular weight excluding hydrogens is 414 g/mol. The summed E-state index contributed by atoms with van der Waals surface area (Å²) in [5.74, 6) is -3.91. The van der Waals surface area contributed by atoms with Gasteiger partial charge >= 0.3 is 0 Å². The van der Waals surface area contributed by atoms with E-state index < -0.39 is 23.0 Å². The highest BCUT2D eigenvalue weighted by Gasteiger charge is 2.58. The number of alkyl halides is 2. The highest BCUT2D eigenvalue weighted by molar-refractivity contribution is 7.91. The Balaban J connectivity index is 1.64. The van der Waals surface area contributed by atoms with Crippen LogP contribution in [0.1, 0.15) is 19.8 Å².